The number of benzene rings is 3. The van der Waals surface area contributed by atoms with Crippen molar-refractivity contribution in [2.45, 2.75) is 20.8 Å². The number of hydrogen-bond acceptors (Lipinski definition) is 4. The molecule has 3 rings (SSSR count). The van der Waals surface area contributed by atoms with Crippen LogP contribution in [0.15, 0.2) is 91.0 Å². The molecule has 160 valence electrons. The van der Waals surface area contributed by atoms with Gasteiger partial charge in [-0.1, -0.05) is 0 Å². The molecule has 0 aromatic heterocycles. The van der Waals surface area contributed by atoms with E-state index in [1.54, 1.807) is 13.8 Å². The van der Waals surface area contributed by atoms with Gasteiger partial charge in [0.05, 0.1) is 0 Å². The fourth-order valence-electron chi connectivity index (χ4n) is 4.05. The first-order valence-corrected chi connectivity index (χ1v) is 14.1. The van der Waals surface area contributed by atoms with Crippen LogP contribution in [-0.4, -0.2) is 19.4 Å². The van der Waals surface area contributed by atoms with Gasteiger partial charge in [-0.05, 0) is 0 Å². The second-order valence-corrected chi connectivity index (χ2v) is 13.6. The first-order valence-electron chi connectivity index (χ1n) is 10.3. The van der Waals surface area contributed by atoms with E-state index in [2.05, 4.69) is 43.3 Å². The molecule has 6 heteroatoms. The molecule has 0 heterocycles. The molecular weight excluding hydrogens is 414 g/mol. The van der Waals surface area contributed by atoms with Gasteiger partial charge in [-0.25, -0.2) is 0 Å². The van der Waals surface area contributed by atoms with Gasteiger partial charge < -0.3 is 0 Å². The Kier molecular flexibility index (Phi) is 7.29. The van der Waals surface area contributed by atoms with Crippen molar-refractivity contribution < 1.29 is 17.9 Å². The SMILES string of the molecule is CCOP(=O)(OCC)OP(CC)(c1ccccc1)(c1ccccc1)c1ccccc1. The van der Waals surface area contributed by atoms with Crippen LogP contribution in [0.25, 0.3) is 0 Å². The van der Waals surface area contributed by atoms with E-state index in [1.807, 2.05) is 54.6 Å². The molecule has 30 heavy (non-hydrogen) atoms. The number of rotatable bonds is 10. The number of phosphoric ester groups is 1. The van der Waals surface area contributed by atoms with Crippen molar-refractivity contribution in [1.82, 2.24) is 0 Å². The average molecular weight is 444 g/mol. The van der Waals surface area contributed by atoms with Gasteiger partial charge in [0.1, 0.15) is 0 Å². The third-order valence-electron chi connectivity index (χ3n) is 5.37. The van der Waals surface area contributed by atoms with Crippen LogP contribution in [-0.2, 0) is 17.9 Å². The van der Waals surface area contributed by atoms with Gasteiger partial charge in [0, 0.05) is 0 Å². The molecule has 0 aliphatic heterocycles. The molecular formula is C24H30O4P2. The molecule has 0 amide bonds. The van der Waals surface area contributed by atoms with Crippen LogP contribution in [0.2, 0.25) is 0 Å². The van der Waals surface area contributed by atoms with E-state index < -0.39 is 14.7 Å². The summed E-state index contributed by atoms with van der Waals surface area (Å²) in [5.41, 5.74) is 0. The van der Waals surface area contributed by atoms with Crippen molar-refractivity contribution >= 4 is 30.6 Å². The zero-order chi connectivity index (χ0) is 21.5. The topological polar surface area (TPSA) is 44.8 Å². The monoisotopic (exact) mass is 444 g/mol. The Bertz CT molecular complexity index is 868. The fraction of sp³-hybridized carbons (Fsp3) is 0.250. The van der Waals surface area contributed by atoms with E-state index in [1.165, 1.54) is 0 Å². The van der Waals surface area contributed by atoms with E-state index in [-0.39, 0.29) is 13.2 Å². The second kappa shape index (κ2) is 9.56. The van der Waals surface area contributed by atoms with Crippen molar-refractivity contribution in [3.05, 3.63) is 91.0 Å². The van der Waals surface area contributed by atoms with Gasteiger partial charge in [0.25, 0.3) is 0 Å². The number of hydrogen-bond donors (Lipinski definition) is 0. The first kappa shape index (κ1) is 22.9. The Balaban J connectivity index is 2.46. The summed E-state index contributed by atoms with van der Waals surface area (Å²) in [6.07, 6.45) is 0.605. The molecule has 3 aromatic rings. The molecule has 0 aliphatic rings. The molecule has 0 fully saturated rings. The van der Waals surface area contributed by atoms with E-state index in [0.29, 0.717) is 6.16 Å². The summed E-state index contributed by atoms with van der Waals surface area (Å²) in [6.45, 7) is 2.45. The maximum atomic E-state index is 13.9. The summed E-state index contributed by atoms with van der Waals surface area (Å²) < 4.78 is 32.0. The Hall–Kier alpha value is -1.80. The normalized spacial score (nSPS) is 13.5. The van der Waals surface area contributed by atoms with Crippen molar-refractivity contribution in [3.8, 4) is 0 Å². The minimum atomic E-state index is -3.86. The molecule has 4 nitrogen and oxygen atoms in total. The van der Waals surface area contributed by atoms with Gasteiger partial charge in [0.15, 0.2) is 0 Å². The van der Waals surface area contributed by atoms with E-state index >= 15 is 0 Å². The van der Waals surface area contributed by atoms with Crippen LogP contribution in [0, 0.1) is 0 Å². The Morgan fingerprint density at radius 3 is 1.23 bits per heavy atom. The van der Waals surface area contributed by atoms with Gasteiger partial charge in [-0.3, -0.25) is 0 Å². The van der Waals surface area contributed by atoms with E-state index in [0.717, 1.165) is 15.9 Å². The number of phosphoric acid groups is 1. The Morgan fingerprint density at radius 1 is 0.633 bits per heavy atom. The summed E-state index contributed by atoms with van der Waals surface area (Å²) in [4.78, 5) is 0. The molecule has 0 aliphatic carbocycles. The zero-order valence-corrected chi connectivity index (χ0v) is 19.6. The van der Waals surface area contributed by atoms with Crippen LogP contribution in [0.1, 0.15) is 20.8 Å². The summed E-state index contributed by atoms with van der Waals surface area (Å²) in [6, 6.07) is 30.3. The molecule has 0 saturated heterocycles. The van der Waals surface area contributed by atoms with Crippen molar-refractivity contribution in [2.24, 2.45) is 0 Å². The second-order valence-electron chi connectivity index (χ2n) is 6.90. The summed E-state index contributed by atoms with van der Waals surface area (Å²) in [7, 11) is -3.86. The third-order valence-corrected chi connectivity index (χ3v) is 14.1. The molecule has 0 saturated carbocycles. The molecule has 0 radical (unpaired) electrons. The standard InChI is InChI=1S/C24H30O4P2/c1-4-26-29(25,27-5-2)28-30(6-3,22-16-10-7-11-17-22,23-18-12-8-13-19-23)24-20-14-9-15-21-24/h7-21H,4-6H2,1-3H3. The molecule has 3 aromatic carbocycles. The third kappa shape index (κ3) is 3.91. The average Bonchev–Trinajstić information content (AvgIpc) is 2.80. The van der Waals surface area contributed by atoms with Crippen molar-refractivity contribution in [3.63, 3.8) is 0 Å². The molecule has 0 unspecified atom stereocenters. The summed E-state index contributed by atoms with van der Waals surface area (Å²) in [5.74, 6) is 0. The fourth-order valence-corrected chi connectivity index (χ4v) is 12.9. The first-order chi connectivity index (χ1) is 14.5. The molecule has 0 spiro atoms. The van der Waals surface area contributed by atoms with Crippen LogP contribution in [0.4, 0.5) is 0 Å². The van der Waals surface area contributed by atoms with Crippen molar-refractivity contribution in [2.75, 3.05) is 19.4 Å². The van der Waals surface area contributed by atoms with E-state index in [9.17, 15) is 4.57 Å². The summed E-state index contributed by atoms with van der Waals surface area (Å²) in [5, 5.41) is 2.97. The van der Waals surface area contributed by atoms with Crippen LogP contribution < -0.4 is 15.9 Å². The van der Waals surface area contributed by atoms with Gasteiger partial charge in [-0.15, -0.1) is 0 Å². The van der Waals surface area contributed by atoms with Crippen molar-refractivity contribution in [1.29, 1.82) is 0 Å². The van der Waals surface area contributed by atoms with Crippen LogP contribution >= 0.6 is 14.7 Å². The quantitative estimate of drug-likeness (QED) is 0.379. The zero-order valence-electron chi connectivity index (χ0n) is 17.8. The molecule has 0 bridgehead atoms. The van der Waals surface area contributed by atoms with E-state index in [4.69, 9.17) is 13.4 Å². The summed E-state index contributed by atoms with van der Waals surface area (Å²) >= 11 is 0. The Labute approximate surface area is 179 Å². The van der Waals surface area contributed by atoms with Gasteiger partial charge >= 0.3 is 180 Å². The molecule has 0 atom stereocenters. The predicted molar refractivity (Wildman–Crippen MR) is 128 cm³/mol. The van der Waals surface area contributed by atoms with Crippen LogP contribution in [0.5, 0.6) is 0 Å². The molecule has 0 N–H and O–H groups in total. The minimum absolute atomic E-state index is 0.228. The van der Waals surface area contributed by atoms with Gasteiger partial charge in [0.2, 0.25) is 0 Å². The maximum absolute atomic E-state index is 13.9. The van der Waals surface area contributed by atoms with Gasteiger partial charge in [-0.2, -0.15) is 0 Å². The predicted octanol–water partition coefficient (Wildman–Crippen LogP) is 5.65. The van der Waals surface area contributed by atoms with Crippen LogP contribution in [0.3, 0.4) is 0 Å². The Morgan fingerprint density at radius 2 is 0.967 bits per heavy atom.